The molecule has 2 saturated carbocycles. The average Bonchev–Trinajstić information content (AvgIpc) is 2.89. The van der Waals surface area contributed by atoms with Crippen LogP contribution in [0.15, 0.2) is 30.3 Å². The van der Waals surface area contributed by atoms with Gasteiger partial charge >= 0.3 is 6.03 Å². The Morgan fingerprint density at radius 2 is 1.81 bits per heavy atom. The molecule has 2 aliphatic carbocycles. The quantitative estimate of drug-likeness (QED) is 0.436. The maximum absolute atomic E-state index is 12.9. The molecule has 0 atom stereocenters. The lowest BCUT2D eigenvalue weighted by Crippen LogP contribution is -2.57. The van der Waals surface area contributed by atoms with Crippen molar-refractivity contribution >= 4 is 28.9 Å². The van der Waals surface area contributed by atoms with Crippen LogP contribution in [0.4, 0.5) is 4.79 Å². The molecule has 0 N–H and O–H groups in total. The Morgan fingerprint density at radius 3 is 2.37 bits per heavy atom. The van der Waals surface area contributed by atoms with Crippen LogP contribution in [0.2, 0.25) is 0 Å². The minimum absolute atomic E-state index is 0.0424. The predicted octanol–water partition coefficient (Wildman–Crippen LogP) is 5.03. The Balaban J connectivity index is 1.59. The lowest BCUT2D eigenvalue weighted by atomic mass is 9.68. The molecule has 1 heterocycles. The second-order valence-electron chi connectivity index (χ2n) is 8.85. The van der Waals surface area contributed by atoms with Crippen molar-refractivity contribution < 1.29 is 4.79 Å². The highest BCUT2D eigenvalue weighted by atomic mass is 127. The van der Waals surface area contributed by atoms with Crippen molar-refractivity contribution in [3.63, 3.8) is 0 Å². The van der Waals surface area contributed by atoms with E-state index in [0.29, 0.717) is 0 Å². The summed E-state index contributed by atoms with van der Waals surface area (Å²) >= 11 is 2.24. The first-order chi connectivity index (χ1) is 13.0. The molecule has 1 aromatic carbocycles. The van der Waals surface area contributed by atoms with Crippen molar-refractivity contribution in [1.82, 2.24) is 12.9 Å². The Bertz CT molecular complexity index is 667. The van der Waals surface area contributed by atoms with Crippen LogP contribution in [0.3, 0.4) is 0 Å². The van der Waals surface area contributed by atoms with Gasteiger partial charge in [-0.15, -0.1) is 0 Å². The summed E-state index contributed by atoms with van der Waals surface area (Å²) < 4.78 is 1.94. The van der Waals surface area contributed by atoms with Crippen molar-refractivity contribution in [3.05, 3.63) is 35.9 Å². The lowest BCUT2D eigenvalue weighted by Gasteiger charge is -2.52. The fourth-order valence-corrected chi connectivity index (χ4v) is 6.34. The number of urea groups is 1. The number of hydrogen-bond donors (Lipinski definition) is 0. The van der Waals surface area contributed by atoms with E-state index in [4.69, 9.17) is 0 Å². The minimum Gasteiger partial charge on any atom is -0.316 e. The monoisotopic (exact) mass is 481 g/mol. The van der Waals surface area contributed by atoms with Gasteiger partial charge in [0.25, 0.3) is 0 Å². The van der Waals surface area contributed by atoms with E-state index in [1.165, 1.54) is 24.8 Å². The molecule has 3 fully saturated rings. The van der Waals surface area contributed by atoms with Crippen LogP contribution in [0.5, 0.6) is 0 Å². The van der Waals surface area contributed by atoms with Crippen LogP contribution < -0.4 is 0 Å². The summed E-state index contributed by atoms with van der Waals surface area (Å²) in [6.45, 7) is 5.16. The second-order valence-corrected chi connectivity index (χ2v) is 10.0. The van der Waals surface area contributed by atoms with Gasteiger partial charge in [-0.2, -0.15) is 0 Å². The third-order valence-corrected chi connectivity index (χ3v) is 8.39. The van der Waals surface area contributed by atoms with E-state index in [9.17, 15) is 4.79 Å². The largest absolute Gasteiger partial charge is 0.329 e. The van der Waals surface area contributed by atoms with Gasteiger partial charge in [-0.05, 0) is 63.6 Å². The van der Waals surface area contributed by atoms with Gasteiger partial charge in [0, 0.05) is 12.1 Å². The molecular formula is C22H32IN3O. The van der Waals surface area contributed by atoms with Gasteiger partial charge in [0.2, 0.25) is 0 Å². The first-order valence-corrected chi connectivity index (χ1v) is 11.5. The second kappa shape index (κ2) is 7.54. The fraction of sp³-hybridized carbons (Fsp3) is 0.682. The zero-order valence-corrected chi connectivity index (χ0v) is 18.8. The summed E-state index contributed by atoms with van der Waals surface area (Å²) in [5.41, 5.74) is 1.58. The third-order valence-electron chi connectivity index (χ3n) is 7.63. The van der Waals surface area contributed by atoms with Gasteiger partial charge < -0.3 is 4.90 Å². The smallest absolute Gasteiger partial charge is 0.316 e. The van der Waals surface area contributed by atoms with E-state index >= 15 is 0 Å². The maximum atomic E-state index is 12.9. The van der Waals surface area contributed by atoms with Crippen LogP contribution >= 0.6 is 22.9 Å². The van der Waals surface area contributed by atoms with Crippen LogP contribution in [-0.4, -0.2) is 51.2 Å². The number of hydrogen-bond acceptors (Lipinski definition) is 2. The first kappa shape index (κ1) is 19.5. The van der Waals surface area contributed by atoms with Crippen LogP contribution in [0.25, 0.3) is 0 Å². The molecule has 2 amide bonds. The SMILES string of the molecule is CCN(C)C1(c2ccccc2)CCC2(CC1)CN(I)C(=O)N2CC1CCC1. The van der Waals surface area contributed by atoms with Crippen molar-refractivity contribution in [2.24, 2.45) is 5.92 Å². The number of nitrogens with zero attached hydrogens (tertiary/aromatic N) is 3. The van der Waals surface area contributed by atoms with Crippen LogP contribution in [0, 0.1) is 5.92 Å². The molecule has 1 aromatic rings. The standard InChI is InChI=1S/C22H32IN3O/c1-3-24(2)22(19-10-5-4-6-11-19)14-12-21(13-15-22)17-26(23)20(27)25(21)16-18-8-7-9-18/h4-6,10-11,18H,3,7-9,12-17H2,1-2H3. The number of carbonyl (C=O) groups excluding carboxylic acids is 1. The highest BCUT2D eigenvalue weighted by Gasteiger charge is 2.54. The average molecular weight is 481 g/mol. The molecule has 148 valence electrons. The van der Waals surface area contributed by atoms with Crippen molar-refractivity contribution in [2.75, 3.05) is 26.7 Å². The first-order valence-electron chi connectivity index (χ1n) is 10.5. The third kappa shape index (κ3) is 3.28. The topological polar surface area (TPSA) is 26.8 Å². The Morgan fingerprint density at radius 1 is 1.15 bits per heavy atom. The lowest BCUT2D eigenvalue weighted by molar-refractivity contribution is 0.00777. The molecule has 1 aliphatic heterocycles. The normalized spacial score (nSPS) is 31.8. The van der Waals surface area contributed by atoms with Gasteiger partial charge in [-0.1, -0.05) is 43.7 Å². The molecule has 27 heavy (non-hydrogen) atoms. The fourth-order valence-electron chi connectivity index (χ4n) is 5.45. The molecule has 0 bridgehead atoms. The maximum Gasteiger partial charge on any atom is 0.329 e. The van der Waals surface area contributed by atoms with E-state index < -0.39 is 0 Å². The summed E-state index contributed by atoms with van der Waals surface area (Å²) in [5.74, 6) is 0.729. The van der Waals surface area contributed by atoms with E-state index in [1.54, 1.807) is 0 Å². The molecule has 4 nitrogen and oxygen atoms in total. The molecule has 1 spiro atoms. The van der Waals surface area contributed by atoms with Crippen molar-refractivity contribution in [2.45, 2.75) is 62.9 Å². The van der Waals surface area contributed by atoms with Gasteiger partial charge in [0.05, 0.1) is 34.9 Å². The zero-order valence-electron chi connectivity index (χ0n) is 16.7. The predicted molar refractivity (Wildman–Crippen MR) is 118 cm³/mol. The van der Waals surface area contributed by atoms with E-state index in [1.807, 2.05) is 3.11 Å². The van der Waals surface area contributed by atoms with Gasteiger partial charge in [0.1, 0.15) is 0 Å². The number of carbonyl (C=O) groups is 1. The van der Waals surface area contributed by atoms with Gasteiger partial charge in [-0.3, -0.25) is 8.01 Å². The summed E-state index contributed by atoms with van der Waals surface area (Å²) in [5, 5.41) is 0. The van der Waals surface area contributed by atoms with E-state index in [0.717, 1.165) is 51.2 Å². The summed E-state index contributed by atoms with van der Waals surface area (Å²) in [6, 6.07) is 11.3. The zero-order chi connectivity index (χ0) is 19.1. The molecule has 3 aliphatic rings. The summed E-state index contributed by atoms with van der Waals surface area (Å²) in [7, 11) is 2.27. The van der Waals surface area contributed by atoms with Crippen LogP contribution in [-0.2, 0) is 5.54 Å². The highest BCUT2D eigenvalue weighted by Crippen LogP contribution is 2.50. The van der Waals surface area contributed by atoms with E-state index in [-0.39, 0.29) is 17.1 Å². The molecule has 0 aromatic heterocycles. The number of amides is 2. The van der Waals surface area contributed by atoms with Gasteiger partial charge in [-0.25, -0.2) is 4.79 Å². The van der Waals surface area contributed by atoms with Crippen LogP contribution in [0.1, 0.15) is 57.4 Å². The summed E-state index contributed by atoms with van der Waals surface area (Å²) in [4.78, 5) is 17.7. The molecule has 1 saturated heterocycles. The molecule has 0 radical (unpaired) electrons. The molecular weight excluding hydrogens is 449 g/mol. The summed E-state index contributed by atoms with van der Waals surface area (Å²) in [6.07, 6.45) is 8.39. The molecule has 4 rings (SSSR count). The Hall–Kier alpha value is -0.820. The van der Waals surface area contributed by atoms with E-state index in [2.05, 4.69) is 77.0 Å². The Kier molecular flexibility index (Phi) is 5.45. The van der Waals surface area contributed by atoms with Crippen molar-refractivity contribution in [3.8, 4) is 0 Å². The molecule has 0 unspecified atom stereocenters. The highest BCUT2D eigenvalue weighted by molar-refractivity contribution is 14.1. The minimum atomic E-state index is 0.0424. The Labute approximate surface area is 177 Å². The van der Waals surface area contributed by atoms with Crippen molar-refractivity contribution in [1.29, 1.82) is 0 Å². The number of benzene rings is 1. The van der Waals surface area contributed by atoms with Gasteiger partial charge in [0.15, 0.2) is 0 Å². The molecule has 5 heteroatoms. The number of rotatable bonds is 5. The number of halogens is 1.